The number of carbonyl (C=O) groups excluding carboxylic acids is 1. The number of amides is 1. The van der Waals surface area contributed by atoms with Crippen molar-refractivity contribution in [3.63, 3.8) is 0 Å². The van der Waals surface area contributed by atoms with Gasteiger partial charge in [-0.25, -0.2) is 0 Å². The number of nitro benzene ring substituents is 1. The highest BCUT2D eigenvalue weighted by atomic mass is 16.6. The van der Waals surface area contributed by atoms with E-state index in [1.807, 2.05) is 4.90 Å². The molecule has 7 heteroatoms. The van der Waals surface area contributed by atoms with Gasteiger partial charge in [-0.2, -0.15) is 0 Å². The van der Waals surface area contributed by atoms with E-state index in [1.54, 1.807) is 6.07 Å². The Morgan fingerprint density at radius 1 is 1.33 bits per heavy atom. The van der Waals surface area contributed by atoms with Crippen molar-refractivity contribution in [2.24, 2.45) is 17.7 Å². The third kappa shape index (κ3) is 2.44. The quantitative estimate of drug-likeness (QED) is 0.501. The number of carbonyl (C=O) groups is 1. The summed E-state index contributed by atoms with van der Waals surface area (Å²) in [7, 11) is 0. The van der Waals surface area contributed by atoms with Crippen molar-refractivity contribution in [2.75, 3.05) is 18.5 Å². The van der Waals surface area contributed by atoms with Crippen molar-refractivity contribution in [2.45, 2.75) is 19.3 Å². The highest BCUT2D eigenvalue weighted by Gasteiger charge is 2.38. The lowest BCUT2D eigenvalue weighted by atomic mass is 10.0. The zero-order valence-electron chi connectivity index (χ0n) is 11.6. The molecule has 1 saturated carbocycles. The van der Waals surface area contributed by atoms with Gasteiger partial charge in [-0.3, -0.25) is 20.8 Å². The summed E-state index contributed by atoms with van der Waals surface area (Å²) in [5.74, 6) is 6.33. The first-order valence-corrected chi connectivity index (χ1v) is 7.14. The van der Waals surface area contributed by atoms with Crippen LogP contribution in [0, 0.1) is 22.0 Å². The molecule has 112 valence electrons. The number of benzene rings is 1. The SMILES string of the molecule is NNc1ccc(C(=O)N2CC3CCCC3C2)cc1[N+](=O)[O-]. The van der Waals surface area contributed by atoms with Crippen LogP contribution in [-0.4, -0.2) is 28.8 Å². The van der Waals surface area contributed by atoms with Gasteiger partial charge in [0.2, 0.25) is 0 Å². The van der Waals surface area contributed by atoms with Crippen molar-refractivity contribution in [3.05, 3.63) is 33.9 Å². The first-order valence-electron chi connectivity index (χ1n) is 7.14. The Morgan fingerprint density at radius 2 is 2.00 bits per heavy atom. The van der Waals surface area contributed by atoms with Gasteiger partial charge in [0.1, 0.15) is 5.69 Å². The molecule has 0 bridgehead atoms. The van der Waals surface area contributed by atoms with E-state index in [0.717, 1.165) is 13.1 Å². The molecular weight excluding hydrogens is 272 g/mol. The van der Waals surface area contributed by atoms with Crippen LogP contribution >= 0.6 is 0 Å². The number of nitrogens with one attached hydrogen (secondary N) is 1. The highest BCUT2D eigenvalue weighted by molar-refractivity contribution is 5.96. The number of nitrogens with zero attached hydrogens (tertiary/aromatic N) is 2. The highest BCUT2D eigenvalue weighted by Crippen LogP contribution is 2.38. The summed E-state index contributed by atoms with van der Waals surface area (Å²) in [6, 6.07) is 4.35. The van der Waals surface area contributed by atoms with Gasteiger partial charge < -0.3 is 10.3 Å². The predicted octanol–water partition coefficient (Wildman–Crippen LogP) is 1.75. The van der Waals surface area contributed by atoms with Crippen LogP contribution in [0.5, 0.6) is 0 Å². The molecule has 2 unspecified atom stereocenters. The molecule has 0 spiro atoms. The summed E-state index contributed by atoms with van der Waals surface area (Å²) in [5.41, 5.74) is 2.65. The van der Waals surface area contributed by atoms with E-state index in [4.69, 9.17) is 5.84 Å². The van der Waals surface area contributed by atoms with E-state index in [0.29, 0.717) is 17.4 Å². The van der Waals surface area contributed by atoms with Crippen LogP contribution < -0.4 is 11.3 Å². The lowest BCUT2D eigenvalue weighted by Gasteiger charge is -2.17. The molecule has 1 aliphatic carbocycles. The Balaban J connectivity index is 1.82. The number of likely N-dealkylation sites (tertiary alicyclic amines) is 1. The van der Waals surface area contributed by atoms with E-state index in [9.17, 15) is 14.9 Å². The Bertz CT molecular complexity index is 578. The third-order valence-electron chi connectivity index (χ3n) is 4.61. The van der Waals surface area contributed by atoms with Crippen LogP contribution in [0.1, 0.15) is 29.6 Å². The second kappa shape index (κ2) is 5.33. The number of nitrogen functional groups attached to an aromatic ring is 1. The van der Waals surface area contributed by atoms with Gasteiger partial charge in [0.05, 0.1) is 4.92 Å². The number of nitrogens with two attached hydrogens (primary N) is 1. The van der Waals surface area contributed by atoms with Gasteiger partial charge in [0.25, 0.3) is 11.6 Å². The zero-order valence-corrected chi connectivity index (χ0v) is 11.6. The summed E-state index contributed by atoms with van der Waals surface area (Å²) >= 11 is 0. The molecule has 7 nitrogen and oxygen atoms in total. The second-order valence-corrected chi connectivity index (χ2v) is 5.79. The first-order chi connectivity index (χ1) is 10.1. The minimum absolute atomic E-state index is 0.129. The minimum Gasteiger partial charge on any atom is -0.338 e. The van der Waals surface area contributed by atoms with Gasteiger partial charge >= 0.3 is 0 Å². The fourth-order valence-corrected chi connectivity index (χ4v) is 3.52. The molecule has 21 heavy (non-hydrogen) atoms. The molecule has 2 fully saturated rings. The summed E-state index contributed by atoms with van der Waals surface area (Å²) in [6.45, 7) is 1.54. The second-order valence-electron chi connectivity index (χ2n) is 5.79. The zero-order chi connectivity index (χ0) is 15.0. The van der Waals surface area contributed by atoms with Crippen LogP contribution in [0.2, 0.25) is 0 Å². The normalized spacial score (nSPS) is 24.0. The van der Waals surface area contributed by atoms with Gasteiger partial charge in [-0.05, 0) is 36.8 Å². The maximum Gasteiger partial charge on any atom is 0.294 e. The summed E-state index contributed by atoms with van der Waals surface area (Å²) in [6.07, 6.45) is 3.62. The Kier molecular flexibility index (Phi) is 3.50. The maximum atomic E-state index is 12.5. The number of hydrogen-bond acceptors (Lipinski definition) is 5. The fraction of sp³-hybridized carbons (Fsp3) is 0.500. The molecule has 1 aromatic rings. The number of hydrogen-bond donors (Lipinski definition) is 2. The molecule has 0 aromatic heterocycles. The lowest BCUT2D eigenvalue weighted by Crippen LogP contribution is -2.29. The van der Waals surface area contributed by atoms with E-state index >= 15 is 0 Å². The topological polar surface area (TPSA) is 102 Å². The molecule has 1 aliphatic heterocycles. The molecule has 0 radical (unpaired) electrons. The number of nitro groups is 1. The molecule has 1 heterocycles. The van der Waals surface area contributed by atoms with Crippen LogP contribution in [0.3, 0.4) is 0 Å². The average Bonchev–Trinajstić information content (AvgIpc) is 3.06. The lowest BCUT2D eigenvalue weighted by molar-refractivity contribution is -0.384. The van der Waals surface area contributed by atoms with Gasteiger partial charge in [-0.15, -0.1) is 0 Å². The molecule has 1 amide bonds. The smallest absolute Gasteiger partial charge is 0.294 e. The fourth-order valence-electron chi connectivity index (χ4n) is 3.52. The monoisotopic (exact) mass is 290 g/mol. The van der Waals surface area contributed by atoms with Crippen LogP contribution in [-0.2, 0) is 0 Å². The van der Waals surface area contributed by atoms with E-state index in [-0.39, 0.29) is 17.3 Å². The largest absolute Gasteiger partial charge is 0.338 e. The van der Waals surface area contributed by atoms with E-state index in [1.165, 1.54) is 31.4 Å². The van der Waals surface area contributed by atoms with Crippen molar-refractivity contribution in [1.82, 2.24) is 4.90 Å². The van der Waals surface area contributed by atoms with Gasteiger partial charge in [0, 0.05) is 24.7 Å². The minimum atomic E-state index is -0.537. The summed E-state index contributed by atoms with van der Waals surface area (Å²) in [4.78, 5) is 24.8. The Labute approximate surface area is 122 Å². The Morgan fingerprint density at radius 3 is 2.57 bits per heavy atom. The molecule has 1 aromatic carbocycles. The molecule has 2 aliphatic rings. The number of rotatable bonds is 3. The molecule has 2 atom stereocenters. The number of hydrazine groups is 1. The Hall–Kier alpha value is -2.15. The predicted molar refractivity (Wildman–Crippen MR) is 77.6 cm³/mol. The third-order valence-corrected chi connectivity index (χ3v) is 4.61. The molecule has 3 rings (SSSR count). The molecular formula is C14H18N4O3. The summed E-state index contributed by atoms with van der Waals surface area (Å²) in [5, 5.41) is 11.0. The number of fused-ring (bicyclic) bond motifs is 1. The van der Waals surface area contributed by atoms with E-state index in [2.05, 4.69) is 5.43 Å². The van der Waals surface area contributed by atoms with Gasteiger partial charge in [-0.1, -0.05) is 6.42 Å². The van der Waals surface area contributed by atoms with Crippen LogP contribution in [0.15, 0.2) is 18.2 Å². The average molecular weight is 290 g/mol. The van der Waals surface area contributed by atoms with Crippen molar-refractivity contribution in [1.29, 1.82) is 0 Å². The van der Waals surface area contributed by atoms with Crippen molar-refractivity contribution in [3.8, 4) is 0 Å². The summed E-state index contributed by atoms with van der Waals surface area (Å²) < 4.78 is 0. The van der Waals surface area contributed by atoms with E-state index < -0.39 is 4.92 Å². The van der Waals surface area contributed by atoms with Gasteiger partial charge in [0.15, 0.2) is 0 Å². The van der Waals surface area contributed by atoms with Crippen LogP contribution in [0.25, 0.3) is 0 Å². The standard InChI is InChI=1S/C14H18N4O3/c15-16-12-5-4-9(6-13(12)18(20)21)14(19)17-7-10-2-1-3-11(10)8-17/h4-6,10-11,16H,1-3,7-8,15H2. The number of anilines is 1. The van der Waals surface area contributed by atoms with Crippen molar-refractivity contribution < 1.29 is 9.72 Å². The molecule has 1 saturated heterocycles. The van der Waals surface area contributed by atoms with Crippen molar-refractivity contribution >= 4 is 17.3 Å². The first kappa shape index (κ1) is 13.8. The van der Waals surface area contributed by atoms with Crippen LogP contribution in [0.4, 0.5) is 11.4 Å². The maximum absolute atomic E-state index is 12.5. The molecule has 3 N–H and O–H groups in total.